The number of amides is 1. The third-order valence-corrected chi connectivity index (χ3v) is 2.53. The molecule has 1 aromatic carbocycles. The number of nitrogens with one attached hydrogen (secondary N) is 1. The van der Waals surface area contributed by atoms with Gasteiger partial charge in [0.05, 0.1) is 19.2 Å². The van der Waals surface area contributed by atoms with Gasteiger partial charge < -0.3 is 21.0 Å². The second-order valence-electron chi connectivity index (χ2n) is 4.03. The van der Waals surface area contributed by atoms with E-state index in [1.807, 2.05) is 0 Å². The van der Waals surface area contributed by atoms with E-state index in [0.717, 1.165) is 0 Å². The highest BCUT2D eigenvalue weighted by atomic mass is 19.4. The number of nitrogens with two attached hydrogens (primary N) is 1. The Hall–Kier alpha value is -2.45. The van der Waals surface area contributed by atoms with Crippen molar-refractivity contribution in [2.24, 2.45) is 10.9 Å². The minimum atomic E-state index is -4.42. The summed E-state index contributed by atoms with van der Waals surface area (Å²) in [5.41, 5.74) is 5.63. The lowest BCUT2D eigenvalue weighted by atomic mass is 10.1. The lowest BCUT2D eigenvalue weighted by Gasteiger charge is -2.14. The molecule has 21 heavy (non-hydrogen) atoms. The predicted molar refractivity (Wildman–Crippen MR) is 69.4 cm³/mol. The Kier molecular flexibility index (Phi) is 5.39. The van der Waals surface area contributed by atoms with Crippen LogP contribution in [0.4, 0.5) is 18.9 Å². The van der Waals surface area contributed by atoms with Gasteiger partial charge in [0.15, 0.2) is 5.84 Å². The van der Waals surface area contributed by atoms with Crippen LogP contribution in [0.3, 0.4) is 0 Å². The van der Waals surface area contributed by atoms with Crippen LogP contribution in [0.15, 0.2) is 23.4 Å². The van der Waals surface area contributed by atoms with E-state index < -0.39 is 24.9 Å². The van der Waals surface area contributed by atoms with E-state index in [-0.39, 0.29) is 22.8 Å². The second kappa shape index (κ2) is 6.82. The van der Waals surface area contributed by atoms with E-state index >= 15 is 0 Å². The van der Waals surface area contributed by atoms with Crippen LogP contribution < -0.4 is 15.8 Å². The molecule has 0 saturated heterocycles. The van der Waals surface area contributed by atoms with Gasteiger partial charge in [-0.3, -0.25) is 4.79 Å². The summed E-state index contributed by atoms with van der Waals surface area (Å²) in [4.78, 5) is 11.6. The summed E-state index contributed by atoms with van der Waals surface area (Å²) in [5.74, 6) is -0.983. The molecule has 0 fully saturated rings. The maximum absolute atomic E-state index is 12.1. The maximum atomic E-state index is 12.1. The maximum Gasteiger partial charge on any atom is 0.389 e. The molecule has 0 heterocycles. The summed E-state index contributed by atoms with van der Waals surface area (Å²) < 4.78 is 41.3. The molecule has 0 aliphatic carbocycles. The highest BCUT2D eigenvalue weighted by molar-refractivity contribution is 6.06. The Morgan fingerprint density at radius 2 is 2.14 bits per heavy atom. The van der Waals surface area contributed by atoms with Crippen LogP contribution in [-0.4, -0.2) is 30.2 Å². The Morgan fingerprint density at radius 1 is 1.48 bits per heavy atom. The fourth-order valence-corrected chi connectivity index (χ4v) is 1.55. The SMILES string of the molecule is COc1cccc(/C(N)=N/O)c1NC(=O)CCC(F)(F)F. The number of para-hydroxylation sites is 1. The van der Waals surface area contributed by atoms with Gasteiger partial charge in [-0.25, -0.2) is 0 Å². The summed E-state index contributed by atoms with van der Waals surface area (Å²) in [6, 6.07) is 4.43. The Morgan fingerprint density at radius 3 is 2.67 bits per heavy atom. The van der Waals surface area contributed by atoms with Gasteiger partial charge in [-0.1, -0.05) is 11.2 Å². The Labute approximate surface area is 118 Å². The minimum Gasteiger partial charge on any atom is -0.495 e. The number of benzene rings is 1. The molecule has 0 unspecified atom stereocenters. The number of rotatable bonds is 5. The van der Waals surface area contributed by atoms with Gasteiger partial charge >= 0.3 is 6.18 Å². The lowest BCUT2D eigenvalue weighted by Crippen LogP contribution is -2.21. The van der Waals surface area contributed by atoms with Crippen molar-refractivity contribution in [1.82, 2.24) is 0 Å². The number of oxime groups is 1. The Balaban J connectivity index is 2.98. The highest BCUT2D eigenvalue weighted by Gasteiger charge is 2.28. The molecule has 0 aromatic heterocycles. The molecule has 0 saturated carbocycles. The second-order valence-corrected chi connectivity index (χ2v) is 4.03. The highest BCUT2D eigenvalue weighted by Crippen LogP contribution is 2.29. The number of ether oxygens (including phenoxy) is 1. The molecule has 0 radical (unpaired) electrons. The molecule has 116 valence electrons. The van der Waals surface area contributed by atoms with Crippen molar-refractivity contribution in [3.05, 3.63) is 23.8 Å². The lowest BCUT2D eigenvalue weighted by molar-refractivity contribution is -0.142. The number of carbonyl (C=O) groups excluding carboxylic acids is 1. The van der Waals surface area contributed by atoms with Crippen LogP contribution in [0.2, 0.25) is 0 Å². The first-order valence-electron chi connectivity index (χ1n) is 5.80. The molecule has 9 heteroatoms. The number of hydrogen-bond acceptors (Lipinski definition) is 4. The van der Waals surface area contributed by atoms with Crippen molar-refractivity contribution in [1.29, 1.82) is 0 Å². The normalized spacial score (nSPS) is 12.1. The summed E-state index contributed by atoms with van der Waals surface area (Å²) >= 11 is 0. The van der Waals surface area contributed by atoms with Crippen LogP contribution in [0.1, 0.15) is 18.4 Å². The molecule has 1 aromatic rings. The number of halogens is 3. The van der Waals surface area contributed by atoms with Crippen molar-refractivity contribution in [2.75, 3.05) is 12.4 Å². The fourth-order valence-electron chi connectivity index (χ4n) is 1.55. The summed E-state index contributed by atoms with van der Waals surface area (Å²) in [6.45, 7) is 0. The number of methoxy groups -OCH3 is 1. The van der Waals surface area contributed by atoms with Gasteiger partial charge in [0, 0.05) is 12.0 Å². The molecule has 1 rings (SSSR count). The van der Waals surface area contributed by atoms with Crippen molar-refractivity contribution < 1.29 is 27.9 Å². The molecular weight excluding hydrogens is 291 g/mol. The molecular formula is C12H14F3N3O3. The first-order valence-corrected chi connectivity index (χ1v) is 5.80. The number of hydrogen-bond donors (Lipinski definition) is 3. The largest absolute Gasteiger partial charge is 0.495 e. The van der Waals surface area contributed by atoms with Crippen LogP contribution in [0, 0.1) is 0 Å². The number of alkyl halides is 3. The Bertz CT molecular complexity index is 544. The van der Waals surface area contributed by atoms with Gasteiger partial charge in [0.25, 0.3) is 0 Å². The summed E-state index contributed by atoms with van der Waals surface area (Å²) in [6.07, 6.45) is -6.41. The van der Waals surface area contributed by atoms with Crippen LogP contribution in [0.5, 0.6) is 5.75 Å². The quantitative estimate of drug-likeness (QED) is 0.336. The molecule has 0 atom stereocenters. The van der Waals surface area contributed by atoms with Gasteiger partial charge in [-0.2, -0.15) is 13.2 Å². The molecule has 1 amide bonds. The number of amidine groups is 1. The van der Waals surface area contributed by atoms with Crippen LogP contribution >= 0.6 is 0 Å². The van der Waals surface area contributed by atoms with E-state index in [1.165, 1.54) is 25.3 Å². The molecule has 0 spiro atoms. The van der Waals surface area contributed by atoms with Crippen molar-refractivity contribution >= 4 is 17.4 Å². The van der Waals surface area contributed by atoms with Crippen LogP contribution in [-0.2, 0) is 4.79 Å². The standard InChI is InChI=1S/C12H14F3N3O3/c1-21-8-4-2-3-7(11(16)18-20)10(8)17-9(19)5-6-12(13,14)15/h2-4,20H,5-6H2,1H3,(H2,16,18)(H,17,19). The molecule has 6 nitrogen and oxygen atoms in total. The molecule has 0 aliphatic rings. The van der Waals surface area contributed by atoms with Crippen molar-refractivity contribution in [3.8, 4) is 5.75 Å². The molecule has 4 N–H and O–H groups in total. The average molecular weight is 305 g/mol. The zero-order valence-electron chi connectivity index (χ0n) is 11.1. The number of nitrogens with zero attached hydrogens (tertiary/aromatic N) is 1. The predicted octanol–water partition coefficient (Wildman–Crippen LogP) is 2.07. The van der Waals surface area contributed by atoms with E-state index in [2.05, 4.69) is 10.5 Å². The first kappa shape index (κ1) is 16.6. The zero-order chi connectivity index (χ0) is 16.0. The zero-order valence-corrected chi connectivity index (χ0v) is 11.1. The topological polar surface area (TPSA) is 96.9 Å². The van der Waals surface area contributed by atoms with E-state index in [1.54, 1.807) is 0 Å². The van der Waals surface area contributed by atoms with Crippen molar-refractivity contribution in [3.63, 3.8) is 0 Å². The molecule has 0 bridgehead atoms. The number of anilines is 1. The number of carbonyl (C=O) groups is 1. The minimum absolute atomic E-state index is 0.0440. The van der Waals surface area contributed by atoms with Crippen molar-refractivity contribution in [2.45, 2.75) is 19.0 Å². The monoisotopic (exact) mass is 305 g/mol. The van der Waals surface area contributed by atoms with E-state index in [4.69, 9.17) is 15.7 Å². The third kappa shape index (κ3) is 4.86. The van der Waals surface area contributed by atoms with Gasteiger partial charge in [0.2, 0.25) is 5.91 Å². The van der Waals surface area contributed by atoms with Crippen LogP contribution in [0.25, 0.3) is 0 Å². The molecule has 0 aliphatic heterocycles. The fraction of sp³-hybridized carbons (Fsp3) is 0.333. The first-order chi connectivity index (χ1) is 9.78. The van der Waals surface area contributed by atoms with Gasteiger partial charge in [0.1, 0.15) is 5.75 Å². The summed E-state index contributed by atoms with van der Waals surface area (Å²) in [5, 5.41) is 13.8. The smallest absolute Gasteiger partial charge is 0.389 e. The van der Waals surface area contributed by atoms with E-state index in [0.29, 0.717) is 0 Å². The van der Waals surface area contributed by atoms with E-state index in [9.17, 15) is 18.0 Å². The third-order valence-electron chi connectivity index (χ3n) is 2.53. The average Bonchev–Trinajstić information content (AvgIpc) is 2.43. The summed E-state index contributed by atoms with van der Waals surface area (Å²) in [7, 11) is 1.32. The van der Waals surface area contributed by atoms with Gasteiger partial charge in [-0.05, 0) is 12.1 Å². The van der Waals surface area contributed by atoms with Gasteiger partial charge in [-0.15, -0.1) is 0 Å².